The van der Waals surface area contributed by atoms with Gasteiger partial charge in [0.15, 0.2) is 5.78 Å². The zero-order valence-corrected chi connectivity index (χ0v) is 17.3. The Labute approximate surface area is 182 Å². The van der Waals surface area contributed by atoms with Crippen molar-refractivity contribution in [2.75, 3.05) is 6.61 Å². The minimum absolute atomic E-state index is 0.00999. The summed E-state index contributed by atoms with van der Waals surface area (Å²) in [6.07, 6.45) is 6.05. The van der Waals surface area contributed by atoms with Gasteiger partial charge in [0.2, 0.25) is 0 Å². The Balaban J connectivity index is 1.12. The number of aromatic nitrogens is 2. The van der Waals surface area contributed by atoms with Crippen molar-refractivity contribution in [3.8, 4) is 5.75 Å². The lowest BCUT2D eigenvalue weighted by Crippen LogP contribution is -2.75. The number of hydrogen-bond donors (Lipinski definition) is 1. The molecule has 0 spiro atoms. The van der Waals surface area contributed by atoms with Gasteiger partial charge in [-0.25, -0.2) is 9.37 Å². The number of nitrogens with one attached hydrogen (secondary N) is 1. The molecule has 3 aliphatic carbocycles. The van der Waals surface area contributed by atoms with Crippen molar-refractivity contribution in [2.24, 2.45) is 5.41 Å². The standard InChI is InChI=1S/C23H19ClFN3O3/c24-17-3-2-16(7-18(17)25)31-10-15(29)8-22-11-23(12-22,13-22)28-21(30)20-4-1-14-9-26-6-5-19(14)27-20/h1-7,9H,8,10-13H2,(H,28,30). The average Bonchev–Trinajstić information content (AvgIpc) is 2.71. The van der Waals surface area contributed by atoms with Gasteiger partial charge in [-0.3, -0.25) is 14.6 Å². The fraction of sp³-hybridized carbons (Fsp3) is 0.304. The van der Waals surface area contributed by atoms with Crippen LogP contribution in [0.2, 0.25) is 5.02 Å². The lowest BCUT2D eigenvalue weighted by Gasteiger charge is -2.70. The van der Waals surface area contributed by atoms with Gasteiger partial charge in [-0.15, -0.1) is 0 Å². The largest absolute Gasteiger partial charge is 0.486 e. The number of nitrogens with zero attached hydrogens (tertiary/aromatic N) is 2. The highest BCUT2D eigenvalue weighted by Gasteiger charge is 2.68. The second kappa shape index (κ2) is 7.27. The van der Waals surface area contributed by atoms with Gasteiger partial charge < -0.3 is 10.1 Å². The summed E-state index contributed by atoms with van der Waals surface area (Å²) < 4.78 is 18.8. The lowest BCUT2D eigenvalue weighted by molar-refractivity contribution is -0.162. The van der Waals surface area contributed by atoms with E-state index in [9.17, 15) is 14.0 Å². The van der Waals surface area contributed by atoms with Gasteiger partial charge in [0.25, 0.3) is 5.91 Å². The van der Waals surface area contributed by atoms with Crippen LogP contribution in [-0.2, 0) is 4.79 Å². The van der Waals surface area contributed by atoms with Crippen LogP contribution in [0, 0.1) is 11.2 Å². The Kier molecular flexibility index (Phi) is 4.66. The summed E-state index contributed by atoms with van der Waals surface area (Å²) in [6.45, 7) is -0.113. The lowest BCUT2D eigenvalue weighted by atomic mass is 9.38. The van der Waals surface area contributed by atoms with Gasteiger partial charge >= 0.3 is 0 Å². The number of ketones is 1. The monoisotopic (exact) mass is 439 g/mol. The first kappa shape index (κ1) is 19.9. The van der Waals surface area contributed by atoms with E-state index < -0.39 is 5.82 Å². The van der Waals surface area contributed by atoms with Crippen LogP contribution in [0.3, 0.4) is 0 Å². The fourth-order valence-electron chi connectivity index (χ4n) is 4.91. The topological polar surface area (TPSA) is 81.2 Å². The summed E-state index contributed by atoms with van der Waals surface area (Å²) in [5, 5.41) is 3.98. The van der Waals surface area contributed by atoms with Crippen molar-refractivity contribution < 1.29 is 18.7 Å². The zero-order valence-electron chi connectivity index (χ0n) is 16.5. The van der Waals surface area contributed by atoms with Gasteiger partial charge in [0.05, 0.1) is 10.5 Å². The average molecular weight is 440 g/mol. The van der Waals surface area contributed by atoms with E-state index in [0.29, 0.717) is 12.1 Å². The fourth-order valence-corrected chi connectivity index (χ4v) is 5.03. The summed E-state index contributed by atoms with van der Waals surface area (Å²) in [7, 11) is 0. The maximum Gasteiger partial charge on any atom is 0.270 e. The number of amides is 1. The Morgan fingerprint density at radius 2 is 1.97 bits per heavy atom. The predicted octanol–water partition coefficient (Wildman–Crippen LogP) is 4.11. The van der Waals surface area contributed by atoms with Crippen molar-refractivity contribution >= 4 is 34.2 Å². The number of rotatable bonds is 7. The van der Waals surface area contributed by atoms with E-state index >= 15 is 0 Å². The molecule has 0 unspecified atom stereocenters. The van der Waals surface area contributed by atoms with Crippen LogP contribution in [0.1, 0.15) is 36.2 Å². The molecule has 3 saturated carbocycles. The SMILES string of the molecule is O=C(COc1ccc(Cl)c(F)c1)CC12CC(NC(=O)c3ccc4cnccc4n3)(C1)C2. The van der Waals surface area contributed by atoms with Crippen molar-refractivity contribution in [2.45, 2.75) is 31.2 Å². The molecule has 0 saturated heterocycles. The summed E-state index contributed by atoms with van der Waals surface area (Å²) >= 11 is 5.64. The molecule has 6 nitrogen and oxygen atoms in total. The van der Waals surface area contributed by atoms with E-state index in [0.717, 1.165) is 30.2 Å². The van der Waals surface area contributed by atoms with Gasteiger partial charge in [-0.2, -0.15) is 0 Å². The van der Waals surface area contributed by atoms with Crippen molar-refractivity contribution in [1.29, 1.82) is 0 Å². The molecule has 3 aromatic rings. The Hall–Kier alpha value is -3.06. The summed E-state index contributed by atoms with van der Waals surface area (Å²) in [4.78, 5) is 33.4. The first-order chi connectivity index (χ1) is 14.9. The molecule has 0 atom stereocenters. The highest BCUT2D eigenvalue weighted by molar-refractivity contribution is 6.30. The van der Waals surface area contributed by atoms with Crippen LogP contribution in [-0.4, -0.2) is 33.8 Å². The van der Waals surface area contributed by atoms with E-state index in [1.807, 2.05) is 6.07 Å². The molecule has 6 rings (SSSR count). The second-order valence-corrected chi connectivity index (χ2v) is 9.02. The Morgan fingerprint density at radius 1 is 1.16 bits per heavy atom. The van der Waals surface area contributed by atoms with E-state index in [1.54, 1.807) is 24.5 Å². The number of carbonyl (C=O) groups is 2. The zero-order chi connectivity index (χ0) is 21.6. The smallest absolute Gasteiger partial charge is 0.270 e. The van der Waals surface area contributed by atoms with Gasteiger partial charge in [-0.1, -0.05) is 11.6 Å². The molecule has 1 amide bonds. The molecule has 3 fully saturated rings. The van der Waals surface area contributed by atoms with Crippen LogP contribution >= 0.6 is 11.6 Å². The number of Topliss-reactive ketones (excluding diaryl/α,β-unsaturated/α-hetero) is 1. The van der Waals surface area contributed by atoms with Gasteiger partial charge in [0.1, 0.15) is 23.9 Å². The molecule has 0 aliphatic heterocycles. The molecule has 3 aliphatic rings. The Bertz CT molecular complexity index is 1200. The van der Waals surface area contributed by atoms with Crippen LogP contribution in [0.15, 0.2) is 48.8 Å². The molecule has 0 radical (unpaired) electrons. The molecular weight excluding hydrogens is 421 g/mol. The molecule has 158 valence electrons. The predicted molar refractivity (Wildman–Crippen MR) is 113 cm³/mol. The molecule has 2 bridgehead atoms. The molecule has 1 aromatic carbocycles. The minimum Gasteiger partial charge on any atom is -0.486 e. The maximum absolute atomic E-state index is 13.5. The van der Waals surface area contributed by atoms with E-state index in [2.05, 4.69) is 15.3 Å². The van der Waals surface area contributed by atoms with E-state index in [-0.39, 0.29) is 40.0 Å². The number of halogens is 2. The van der Waals surface area contributed by atoms with E-state index in [4.69, 9.17) is 16.3 Å². The molecule has 2 heterocycles. The van der Waals surface area contributed by atoms with Crippen molar-refractivity contribution in [3.05, 3.63) is 65.3 Å². The highest BCUT2D eigenvalue weighted by atomic mass is 35.5. The van der Waals surface area contributed by atoms with Gasteiger partial charge in [-0.05, 0) is 55.0 Å². The summed E-state index contributed by atoms with van der Waals surface area (Å²) in [6, 6.07) is 9.39. The second-order valence-electron chi connectivity index (χ2n) is 8.61. The van der Waals surface area contributed by atoms with Crippen LogP contribution in [0.4, 0.5) is 4.39 Å². The van der Waals surface area contributed by atoms with Gasteiger partial charge in [0, 0.05) is 35.8 Å². The first-order valence-corrected chi connectivity index (χ1v) is 10.4. The minimum atomic E-state index is -0.582. The maximum atomic E-state index is 13.5. The molecular formula is C23H19ClFN3O3. The number of pyridine rings is 2. The molecule has 31 heavy (non-hydrogen) atoms. The quantitative estimate of drug-likeness (QED) is 0.599. The summed E-state index contributed by atoms with van der Waals surface area (Å²) in [5.41, 5.74) is 0.786. The molecule has 8 heteroatoms. The summed E-state index contributed by atoms with van der Waals surface area (Å²) in [5.74, 6) is -0.553. The third-order valence-corrected chi connectivity index (χ3v) is 6.41. The van der Waals surface area contributed by atoms with Crippen LogP contribution in [0.5, 0.6) is 5.75 Å². The van der Waals surface area contributed by atoms with Crippen molar-refractivity contribution in [1.82, 2.24) is 15.3 Å². The first-order valence-electron chi connectivity index (χ1n) is 9.98. The number of fused-ring (bicyclic) bond motifs is 1. The molecule has 1 N–H and O–H groups in total. The number of hydrogen-bond acceptors (Lipinski definition) is 5. The van der Waals surface area contributed by atoms with Crippen LogP contribution < -0.4 is 10.1 Å². The third kappa shape index (κ3) is 3.74. The highest BCUT2D eigenvalue weighted by Crippen LogP contribution is 2.69. The van der Waals surface area contributed by atoms with E-state index in [1.165, 1.54) is 18.2 Å². The normalized spacial score (nSPS) is 23.5. The number of ether oxygens (including phenoxy) is 1. The number of carbonyl (C=O) groups excluding carboxylic acids is 2. The van der Waals surface area contributed by atoms with Crippen molar-refractivity contribution in [3.63, 3.8) is 0 Å². The third-order valence-electron chi connectivity index (χ3n) is 6.10. The molecule has 2 aromatic heterocycles. The Morgan fingerprint density at radius 3 is 2.74 bits per heavy atom. The number of benzene rings is 1. The van der Waals surface area contributed by atoms with Crippen LogP contribution in [0.25, 0.3) is 10.9 Å².